The summed E-state index contributed by atoms with van der Waals surface area (Å²) in [6.45, 7) is 0. The van der Waals surface area contributed by atoms with E-state index in [0.717, 1.165) is 0 Å². The molecule has 0 amide bonds. The molecule has 0 spiro atoms. The maximum absolute atomic E-state index is 12.5. The monoisotopic (exact) mass is 330 g/mol. The highest BCUT2D eigenvalue weighted by Crippen LogP contribution is 2.48. The first-order chi connectivity index (χ1) is 12.2. The van der Waals surface area contributed by atoms with Gasteiger partial charge >= 0.3 is 5.97 Å². The van der Waals surface area contributed by atoms with Gasteiger partial charge in [-0.2, -0.15) is 10.5 Å². The number of hydrogen-bond donors (Lipinski definition) is 0. The smallest absolute Gasteiger partial charge is 0.337 e. The van der Waals surface area contributed by atoms with Crippen LogP contribution in [0.4, 0.5) is 0 Å². The Labute approximate surface area is 145 Å². The summed E-state index contributed by atoms with van der Waals surface area (Å²) in [5.74, 6) is -0.625. The number of nitriles is 2. The number of hydrogen-bond acceptors (Lipinski definition) is 5. The Kier molecular flexibility index (Phi) is 4.35. The van der Waals surface area contributed by atoms with Crippen molar-refractivity contribution in [1.29, 1.82) is 10.5 Å². The van der Waals surface area contributed by atoms with Gasteiger partial charge in [-0.3, -0.25) is 0 Å². The van der Waals surface area contributed by atoms with Gasteiger partial charge in [-0.25, -0.2) is 4.79 Å². The molecule has 2 aromatic carbocycles. The van der Waals surface area contributed by atoms with Crippen LogP contribution >= 0.6 is 0 Å². The van der Waals surface area contributed by atoms with E-state index in [0.29, 0.717) is 11.1 Å². The molecule has 1 aliphatic heterocycles. The summed E-state index contributed by atoms with van der Waals surface area (Å²) in [7, 11) is 1.26. The van der Waals surface area contributed by atoms with Gasteiger partial charge in [-0.15, -0.1) is 0 Å². The summed E-state index contributed by atoms with van der Waals surface area (Å²) in [5, 5.41) is 19.4. The van der Waals surface area contributed by atoms with Gasteiger partial charge in [0.15, 0.2) is 0 Å². The summed E-state index contributed by atoms with van der Waals surface area (Å²) in [4.78, 5) is 12.5. The Morgan fingerprint density at radius 2 is 1.60 bits per heavy atom. The molecule has 5 nitrogen and oxygen atoms in total. The lowest BCUT2D eigenvalue weighted by atomic mass is 9.86. The van der Waals surface area contributed by atoms with E-state index in [1.807, 2.05) is 24.3 Å². The molecule has 0 radical (unpaired) electrons. The molecule has 0 saturated heterocycles. The summed E-state index contributed by atoms with van der Waals surface area (Å²) >= 11 is 0. The van der Waals surface area contributed by atoms with Crippen LogP contribution in [-0.2, 0) is 14.3 Å². The zero-order valence-electron chi connectivity index (χ0n) is 13.5. The molecule has 0 aromatic heterocycles. The molecule has 25 heavy (non-hydrogen) atoms. The number of benzene rings is 2. The quantitative estimate of drug-likeness (QED) is 0.807. The molecule has 0 N–H and O–H groups in total. The lowest BCUT2D eigenvalue weighted by Crippen LogP contribution is -2.26. The Balaban J connectivity index is 2.32. The molecule has 1 unspecified atom stereocenters. The summed E-state index contributed by atoms with van der Waals surface area (Å²) in [5.41, 5.74) is -0.235. The number of carbonyl (C=O) groups is 1. The van der Waals surface area contributed by atoms with E-state index in [2.05, 4.69) is 0 Å². The molecule has 1 aliphatic rings. The maximum atomic E-state index is 12.5. The van der Waals surface area contributed by atoms with Crippen molar-refractivity contribution < 1.29 is 14.3 Å². The van der Waals surface area contributed by atoms with Gasteiger partial charge in [0.2, 0.25) is 0 Å². The van der Waals surface area contributed by atoms with Crippen LogP contribution in [-0.4, -0.2) is 18.7 Å². The van der Waals surface area contributed by atoms with Crippen LogP contribution < -0.4 is 0 Å². The third-order valence-corrected chi connectivity index (χ3v) is 4.06. The van der Waals surface area contributed by atoms with Crippen molar-refractivity contribution in [3.63, 3.8) is 0 Å². The van der Waals surface area contributed by atoms with Crippen LogP contribution in [0.25, 0.3) is 5.57 Å². The second-order valence-corrected chi connectivity index (χ2v) is 5.46. The zero-order valence-corrected chi connectivity index (χ0v) is 13.5. The van der Waals surface area contributed by atoms with Gasteiger partial charge in [0.05, 0.1) is 12.7 Å². The Morgan fingerprint density at radius 3 is 2.12 bits per heavy atom. The highest BCUT2D eigenvalue weighted by Gasteiger charge is 2.51. The van der Waals surface area contributed by atoms with Crippen LogP contribution in [0.5, 0.6) is 0 Å². The predicted octanol–water partition coefficient (Wildman–Crippen LogP) is 3.17. The molecule has 3 rings (SSSR count). The van der Waals surface area contributed by atoms with Crippen LogP contribution in [0.3, 0.4) is 0 Å². The molecular formula is C20H14N2O3. The van der Waals surface area contributed by atoms with E-state index in [-0.39, 0.29) is 11.1 Å². The fourth-order valence-electron chi connectivity index (χ4n) is 2.95. The second kappa shape index (κ2) is 6.60. The third-order valence-electron chi connectivity index (χ3n) is 4.06. The largest absolute Gasteiger partial charge is 0.466 e. The molecule has 0 aliphatic carbocycles. The van der Waals surface area contributed by atoms with Crippen molar-refractivity contribution in [1.82, 2.24) is 0 Å². The first kappa shape index (κ1) is 16.4. The molecule has 0 fully saturated rings. The van der Waals surface area contributed by atoms with Crippen LogP contribution in [0.1, 0.15) is 17.2 Å². The number of ether oxygens (including phenoxy) is 2. The van der Waals surface area contributed by atoms with Gasteiger partial charge in [0.1, 0.15) is 18.2 Å². The first-order valence-electron chi connectivity index (χ1n) is 7.60. The molecule has 1 atom stereocenters. The van der Waals surface area contributed by atoms with E-state index in [1.165, 1.54) is 7.11 Å². The molecule has 2 aromatic rings. The average molecular weight is 330 g/mol. The van der Waals surface area contributed by atoms with Crippen molar-refractivity contribution in [2.75, 3.05) is 7.11 Å². The maximum Gasteiger partial charge on any atom is 0.337 e. The Morgan fingerprint density at radius 1 is 1.04 bits per heavy atom. The Bertz CT molecular complexity index is 891. The molecule has 0 saturated carbocycles. The van der Waals surface area contributed by atoms with Crippen molar-refractivity contribution in [3.8, 4) is 12.1 Å². The van der Waals surface area contributed by atoms with Crippen molar-refractivity contribution in [2.45, 2.75) is 11.7 Å². The van der Waals surface area contributed by atoms with E-state index in [1.54, 1.807) is 48.5 Å². The highest BCUT2D eigenvalue weighted by molar-refractivity contribution is 6.03. The van der Waals surface area contributed by atoms with Gasteiger partial charge in [0.25, 0.3) is 5.60 Å². The SMILES string of the molecule is COC(=O)C1=C(c2ccccc2)C(C#N)(C#N)OC1c1ccccc1. The number of rotatable bonds is 3. The van der Waals surface area contributed by atoms with E-state index in [9.17, 15) is 15.3 Å². The van der Waals surface area contributed by atoms with E-state index in [4.69, 9.17) is 9.47 Å². The van der Waals surface area contributed by atoms with Crippen LogP contribution in [0.15, 0.2) is 66.2 Å². The zero-order chi connectivity index (χ0) is 17.9. The number of nitrogens with zero attached hydrogens (tertiary/aromatic N) is 2. The number of carbonyl (C=O) groups excluding carboxylic acids is 1. The van der Waals surface area contributed by atoms with Crippen LogP contribution in [0, 0.1) is 22.7 Å². The van der Waals surface area contributed by atoms with Crippen molar-refractivity contribution >= 4 is 11.5 Å². The fourth-order valence-corrected chi connectivity index (χ4v) is 2.95. The van der Waals surface area contributed by atoms with Crippen molar-refractivity contribution in [2.24, 2.45) is 0 Å². The van der Waals surface area contributed by atoms with Gasteiger partial charge in [0, 0.05) is 5.57 Å². The number of methoxy groups -OCH3 is 1. The Hall–Kier alpha value is -3.41. The summed E-state index contributed by atoms with van der Waals surface area (Å²) in [6.07, 6.45) is -0.858. The molecule has 0 bridgehead atoms. The van der Waals surface area contributed by atoms with Gasteiger partial charge in [-0.1, -0.05) is 60.7 Å². The van der Waals surface area contributed by atoms with E-state index < -0.39 is 17.7 Å². The number of esters is 1. The standard InChI is InChI=1S/C20H14N2O3/c1-24-19(23)16-17(14-8-4-2-5-9-14)20(12-21,13-22)25-18(16)15-10-6-3-7-11-15/h2-11,18H,1H3. The predicted molar refractivity (Wildman–Crippen MR) is 89.6 cm³/mol. The topological polar surface area (TPSA) is 83.1 Å². The first-order valence-corrected chi connectivity index (χ1v) is 7.60. The fraction of sp³-hybridized carbons (Fsp3) is 0.150. The lowest BCUT2D eigenvalue weighted by molar-refractivity contribution is -0.137. The minimum Gasteiger partial charge on any atom is -0.466 e. The van der Waals surface area contributed by atoms with Crippen LogP contribution in [0.2, 0.25) is 0 Å². The van der Waals surface area contributed by atoms with Gasteiger partial charge in [-0.05, 0) is 11.1 Å². The highest BCUT2D eigenvalue weighted by atomic mass is 16.5. The molecule has 5 heteroatoms. The lowest BCUT2D eigenvalue weighted by Gasteiger charge is -2.18. The molecule has 122 valence electrons. The summed E-state index contributed by atoms with van der Waals surface area (Å²) in [6, 6.07) is 21.7. The molecule has 1 heterocycles. The normalized spacial score (nSPS) is 18.3. The average Bonchev–Trinajstić information content (AvgIpc) is 3.04. The van der Waals surface area contributed by atoms with Gasteiger partial charge < -0.3 is 9.47 Å². The third kappa shape index (κ3) is 2.67. The van der Waals surface area contributed by atoms with Crippen molar-refractivity contribution in [3.05, 3.63) is 77.4 Å². The summed E-state index contributed by atoms with van der Waals surface area (Å²) < 4.78 is 10.8. The minimum absolute atomic E-state index is 0.169. The minimum atomic E-state index is -1.88. The second-order valence-electron chi connectivity index (χ2n) is 5.46. The molecular weight excluding hydrogens is 316 g/mol. The van der Waals surface area contributed by atoms with E-state index >= 15 is 0 Å².